The predicted molar refractivity (Wildman–Crippen MR) is 243 cm³/mol. The van der Waals surface area contributed by atoms with Gasteiger partial charge in [0.15, 0.2) is 0 Å². The molecule has 0 aliphatic carbocycles. The number of carbonyl (C=O) groups is 2. The number of hydrogen-bond donors (Lipinski definition) is 6. The lowest BCUT2D eigenvalue weighted by Gasteiger charge is -2.33. The van der Waals surface area contributed by atoms with Crippen LogP contribution in [0.2, 0.25) is 0 Å². The minimum atomic E-state index is -1.25. The molecule has 344 valence electrons. The molecule has 0 aromatic carbocycles. The summed E-state index contributed by atoms with van der Waals surface area (Å²) in [6, 6.07) is 0. The molecule has 1 aliphatic heterocycles. The summed E-state index contributed by atoms with van der Waals surface area (Å²) in [5.74, 6) is -3.04. The third-order valence-corrected chi connectivity index (χ3v) is 11.3. The van der Waals surface area contributed by atoms with Crippen LogP contribution in [0.15, 0.2) is 108 Å². The molecule has 6 N–H and O–H groups in total. The van der Waals surface area contributed by atoms with E-state index < -0.39 is 72.9 Å². The summed E-state index contributed by atoms with van der Waals surface area (Å²) >= 11 is 0. The van der Waals surface area contributed by atoms with Gasteiger partial charge >= 0.3 is 11.9 Å². The van der Waals surface area contributed by atoms with Crippen LogP contribution in [-0.4, -0.2) is 106 Å². The van der Waals surface area contributed by atoms with Crippen LogP contribution in [0.4, 0.5) is 0 Å². The number of cyclic esters (lactones) is 1. The van der Waals surface area contributed by atoms with Crippen LogP contribution in [0.5, 0.6) is 0 Å². The van der Waals surface area contributed by atoms with Crippen LogP contribution in [-0.2, 0) is 23.8 Å². The van der Waals surface area contributed by atoms with Gasteiger partial charge < -0.3 is 44.8 Å². The Labute approximate surface area is 366 Å². The van der Waals surface area contributed by atoms with E-state index in [0.29, 0.717) is 38.5 Å². The Hall–Kier alpha value is -3.68. The molecule has 61 heavy (non-hydrogen) atoms. The molecule has 0 amide bonds. The van der Waals surface area contributed by atoms with E-state index in [-0.39, 0.29) is 30.8 Å². The van der Waals surface area contributed by atoms with E-state index in [1.54, 1.807) is 40.0 Å². The van der Waals surface area contributed by atoms with Gasteiger partial charge in [-0.2, -0.15) is 0 Å². The van der Waals surface area contributed by atoms with Crippen molar-refractivity contribution in [3.05, 3.63) is 108 Å². The Balaban J connectivity index is 2.96. The van der Waals surface area contributed by atoms with Crippen molar-refractivity contribution in [1.82, 2.24) is 0 Å². The highest BCUT2D eigenvalue weighted by molar-refractivity contribution is 5.70. The normalized spacial score (nSPS) is 29.5. The van der Waals surface area contributed by atoms with E-state index >= 15 is 0 Å². The van der Waals surface area contributed by atoms with Gasteiger partial charge in [0.2, 0.25) is 0 Å². The minimum Gasteiger partial charge on any atom is -0.469 e. The topological polar surface area (TPSA) is 183 Å². The molecule has 1 heterocycles. The number of allylic oxidation sites excluding steroid dienone is 14. The molecule has 1 aliphatic rings. The summed E-state index contributed by atoms with van der Waals surface area (Å²) in [6.07, 6.45) is 27.4. The first kappa shape index (κ1) is 55.3. The Morgan fingerprint density at radius 1 is 0.836 bits per heavy atom. The fourth-order valence-electron chi connectivity index (χ4n) is 6.96. The monoisotopic (exact) mass is 855 g/mol. The molecular weight excluding hydrogens is 777 g/mol. The van der Waals surface area contributed by atoms with E-state index in [0.717, 1.165) is 17.6 Å². The number of hydrogen-bond acceptors (Lipinski definition) is 11. The Morgan fingerprint density at radius 3 is 2.10 bits per heavy atom. The van der Waals surface area contributed by atoms with Crippen molar-refractivity contribution in [2.75, 3.05) is 14.2 Å². The highest BCUT2D eigenvalue weighted by Crippen LogP contribution is 2.28. The summed E-state index contributed by atoms with van der Waals surface area (Å²) < 4.78 is 16.2. The lowest BCUT2D eigenvalue weighted by atomic mass is 9.81. The van der Waals surface area contributed by atoms with Gasteiger partial charge in [0.05, 0.1) is 56.3 Å². The summed E-state index contributed by atoms with van der Waals surface area (Å²) in [6.45, 7) is 10.8. The molecule has 1 rings (SSSR count). The molecule has 0 spiro atoms. The van der Waals surface area contributed by atoms with Gasteiger partial charge in [0, 0.05) is 37.7 Å². The van der Waals surface area contributed by atoms with Crippen LogP contribution in [0.1, 0.15) is 106 Å². The second kappa shape index (κ2) is 32.1. The van der Waals surface area contributed by atoms with E-state index in [4.69, 9.17) is 9.47 Å². The zero-order chi connectivity index (χ0) is 45.7. The van der Waals surface area contributed by atoms with Crippen LogP contribution in [0.3, 0.4) is 0 Å². The zero-order valence-corrected chi connectivity index (χ0v) is 38.0. The number of esters is 2. The number of aliphatic hydroxyl groups excluding tert-OH is 6. The molecule has 0 aromatic heterocycles. The van der Waals surface area contributed by atoms with Gasteiger partial charge in [-0.3, -0.25) is 9.59 Å². The van der Waals surface area contributed by atoms with Gasteiger partial charge in [-0.25, -0.2) is 0 Å². The third kappa shape index (κ3) is 24.5. The average molecular weight is 855 g/mol. The molecule has 0 radical (unpaired) electrons. The van der Waals surface area contributed by atoms with Gasteiger partial charge in [-0.1, -0.05) is 136 Å². The van der Waals surface area contributed by atoms with Gasteiger partial charge in [-0.15, -0.1) is 0 Å². The summed E-state index contributed by atoms with van der Waals surface area (Å²) in [5, 5.41) is 65.6. The molecule has 12 atom stereocenters. The second-order valence-electron chi connectivity index (χ2n) is 16.6. The molecule has 11 nitrogen and oxygen atoms in total. The fraction of sp³-hybridized carbons (Fsp3) is 0.600. The molecule has 0 bridgehead atoms. The van der Waals surface area contributed by atoms with Crippen LogP contribution < -0.4 is 0 Å². The van der Waals surface area contributed by atoms with Crippen LogP contribution in [0, 0.1) is 23.7 Å². The van der Waals surface area contributed by atoms with Crippen molar-refractivity contribution in [1.29, 1.82) is 0 Å². The first-order chi connectivity index (χ1) is 29.0. The first-order valence-corrected chi connectivity index (χ1v) is 21.9. The third-order valence-electron chi connectivity index (χ3n) is 11.3. The number of ether oxygens (including phenoxy) is 3. The summed E-state index contributed by atoms with van der Waals surface area (Å²) in [4.78, 5) is 24.5. The lowest BCUT2D eigenvalue weighted by molar-refractivity contribution is -0.159. The van der Waals surface area contributed by atoms with Gasteiger partial charge in [0.1, 0.15) is 6.10 Å². The average Bonchev–Trinajstić information content (AvgIpc) is 3.22. The summed E-state index contributed by atoms with van der Waals surface area (Å²) in [5.41, 5.74) is 1.71. The van der Waals surface area contributed by atoms with Crippen molar-refractivity contribution < 1.29 is 54.4 Å². The predicted octanol–water partition coefficient (Wildman–Crippen LogP) is 7.50. The molecule has 0 fully saturated rings. The largest absolute Gasteiger partial charge is 0.469 e. The SMILES string of the molecule is COC(=O)CCC(C)=CC(O)CC=CC=CC=CC=CC=CC(C)=CC(O)C(C)C1CC(O)CCCC(OC)CC=CC=CCC(C)C(O)C(C)C(O)C(C)C(O)CC(=O)O1. The highest BCUT2D eigenvalue weighted by Gasteiger charge is 2.35. The Bertz CT molecular complexity index is 1520. The molecule has 0 saturated heterocycles. The number of aliphatic hydroxyl groups is 6. The Kier molecular flexibility index (Phi) is 29.1. The molecule has 12 unspecified atom stereocenters. The van der Waals surface area contributed by atoms with E-state index in [1.807, 2.05) is 106 Å². The quantitative estimate of drug-likeness (QED) is 0.0545. The van der Waals surface area contributed by atoms with Crippen LogP contribution >= 0.6 is 0 Å². The molecule has 0 aromatic rings. The standard InChI is InChI=1S/C50H78O11/c1-35(23-18-14-12-10-9-11-13-15-20-25-41(51)31-36(2)29-30-47(55)60-8)32-44(53)38(4)46-33-42(52)26-22-28-43(59-7)27-21-17-16-19-24-37(3)49(57)40(6)50(58)39(5)45(54)34-48(56)61-46/h9-21,23,31-32,37-46,49-54,57-58H,22,24-30,33-34H2,1-8H3. The number of rotatable bonds is 15. The maximum atomic E-state index is 13.3. The lowest BCUT2D eigenvalue weighted by Crippen LogP contribution is -2.42. The smallest absolute Gasteiger partial charge is 0.308 e. The fourth-order valence-corrected chi connectivity index (χ4v) is 6.96. The summed E-state index contributed by atoms with van der Waals surface area (Å²) in [7, 11) is 3.02. The number of methoxy groups -OCH3 is 2. The van der Waals surface area contributed by atoms with Crippen molar-refractivity contribution in [3.8, 4) is 0 Å². The first-order valence-electron chi connectivity index (χ1n) is 21.9. The number of carbonyl (C=O) groups excluding carboxylic acids is 2. The zero-order valence-electron chi connectivity index (χ0n) is 38.0. The van der Waals surface area contributed by atoms with Gasteiger partial charge in [0.25, 0.3) is 0 Å². The molecule has 11 heteroatoms. The minimum absolute atomic E-state index is 0.0367. The van der Waals surface area contributed by atoms with E-state index in [2.05, 4.69) is 4.74 Å². The highest BCUT2D eigenvalue weighted by atomic mass is 16.5. The van der Waals surface area contributed by atoms with Crippen molar-refractivity contribution >= 4 is 11.9 Å². The maximum Gasteiger partial charge on any atom is 0.308 e. The van der Waals surface area contributed by atoms with E-state index in [9.17, 15) is 40.2 Å². The van der Waals surface area contributed by atoms with Crippen molar-refractivity contribution in [2.45, 2.75) is 155 Å². The molecule has 0 saturated carbocycles. The van der Waals surface area contributed by atoms with Gasteiger partial charge in [-0.05, 0) is 64.7 Å². The van der Waals surface area contributed by atoms with E-state index in [1.165, 1.54) is 7.11 Å². The Morgan fingerprint density at radius 2 is 1.46 bits per heavy atom. The van der Waals surface area contributed by atoms with Crippen LogP contribution in [0.25, 0.3) is 0 Å². The van der Waals surface area contributed by atoms with Crippen molar-refractivity contribution in [2.24, 2.45) is 23.7 Å². The molecular formula is C50H78O11. The van der Waals surface area contributed by atoms with Crippen molar-refractivity contribution in [3.63, 3.8) is 0 Å². The maximum absolute atomic E-state index is 13.3. The second-order valence-corrected chi connectivity index (χ2v) is 16.6.